The number of furan rings is 2. The van der Waals surface area contributed by atoms with Gasteiger partial charge in [-0.2, -0.15) is 0 Å². The van der Waals surface area contributed by atoms with Crippen molar-refractivity contribution in [1.82, 2.24) is 15.0 Å². The molecule has 12 aromatic rings. The summed E-state index contributed by atoms with van der Waals surface area (Å²) in [5.74, 6) is 1.74. The molecule has 0 aliphatic carbocycles. The molecular weight excluding hydrogens is 759 g/mol. The Kier molecular flexibility index (Phi) is 8.42. The van der Waals surface area contributed by atoms with Gasteiger partial charge in [-0.1, -0.05) is 170 Å². The van der Waals surface area contributed by atoms with E-state index in [-0.39, 0.29) is 0 Å². The third-order valence-corrected chi connectivity index (χ3v) is 11.8. The van der Waals surface area contributed by atoms with Crippen molar-refractivity contribution >= 4 is 43.9 Å². The standard InChI is InChI=1S/C57H35N3O2/c1-3-17-36(18-4-1)41-21-7-9-23-45(41)56-58-55(59-57(60-56)46-24-10-8-22-42(46)37-19-5-2-6-20-37)40-34-38(43-27-15-31-51-53(43)47-25-11-13-29-49(47)61-51)33-39(35-40)44-28-16-32-52-54(44)48-26-12-14-30-50(48)62-52/h1-35H. The summed E-state index contributed by atoms with van der Waals surface area (Å²) >= 11 is 0. The molecule has 3 heterocycles. The second kappa shape index (κ2) is 14.7. The molecule has 12 rings (SSSR count). The lowest BCUT2D eigenvalue weighted by Crippen LogP contribution is -2.02. The van der Waals surface area contributed by atoms with Crippen molar-refractivity contribution in [3.8, 4) is 78.7 Å². The van der Waals surface area contributed by atoms with Crippen LogP contribution in [0.5, 0.6) is 0 Å². The van der Waals surface area contributed by atoms with Crippen LogP contribution in [-0.4, -0.2) is 15.0 Å². The highest BCUT2D eigenvalue weighted by Gasteiger charge is 2.21. The van der Waals surface area contributed by atoms with Crippen molar-refractivity contribution < 1.29 is 8.83 Å². The summed E-state index contributed by atoms with van der Waals surface area (Å²) < 4.78 is 12.8. The minimum Gasteiger partial charge on any atom is -0.456 e. The van der Waals surface area contributed by atoms with Gasteiger partial charge in [0.25, 0.3) is 0 Å². The monoisotopic (exact) mass is 793 g/mol. The molecule has 9 aromatic carbocycles. The zero-order valence-electron chi connectivity index (χ0n) is 33.4. The SMILES string of the molecule is c1ccc(-c2ccccc2-c2nc(-c3cc(-c4cccc5oc6ccccc6c45)cc(-c4cccc5oc6ccccc6c45)c3)nc(-c3ccccc3-c3ccccc3)n2)cc1. The van der Waals surface area contributed by atoms with Crippen LogP contribution in [0.4, 0.5) is 0 Å². The normalized spacial score (nSPS) is 11.5. The van der Waals surface area contributed by atoms with Crippen LogP contribution in [-0.2, 0) is 0 Å². The van der Waals surface area contributed by atoms with Crippen LogP contribution in [0.25, 0.3) is 123 Å². The van der Waals surface area contributed by atoms with E-state index < -0.39 is 0 Å². The second-order valence-corrected chi connectivity index (χ2v) is 15.5. The van der Waals surface area contributed by atoms with Crippen molar-refractivity contribution in [2.45, 2.75) is 0 Å². The van der Waals surface area contributed by atoms with E-state index in [4.69, 9.17) is 23.8 Å². The summed E-state index contributed by atoms with van der Waals surface area (Å²) in [6, 6.07) is 73.3. The van der Waals surface area contributed by atoms with Gasteiger partial charge in [0.1, 0.15) is 22.3 Å². The Morgan fingerprint density at radius 1 is 0.242 bits per heavy atom. The van der Waals surface area contributed by atoms with E-state index in [0.29, 0.717) is 17.5 Å². The zero-order chi connectivity index (χ0) is 41.0. The van der Waals surface area contributed by atoms with Gasteiger partial charge in [-0.05, 0) is 87.0 Å². The van der Waals surface area contributed by atoms with Gasteiger partial charge in [0, 0.05) is 38.2 Å². The van der Waals surface area contributed by atoms with E-state index in [1.807, 2.05) is 60.7 Å². The molecule has 0 radical (unpaired) electrons. The Bertz CT molecular complexity index is 3410. The lowest BCUT2D eigenvalue weighted by atomic mass is 9.91. The molecule has 0 spiro atoms. The van der Waals surface area contributed by atoms with Crippen LogP contribution in [0.15, 0.2) is 221 Å². The molecule has 0 bridgehead atoms. The van der Waals surface area contributed by atoms with Crippen LogP contribution in [0.3, 0.4) is 0 Å². The maximum Gasteiger partial charge on any atom is 0.164 e. The molecule has 3 aromatic heterocycles. The van der Waals surface area contributed by atoms with Crippen LogP contribution in [0, 0.1) is 0 Å². The Morgan fingerprint density at radius 2 is 0.597 bits per heavy atom. The topological polar surface area (TPSA) is 65.0 Å². The fourth-order valence-electron chi connectivity index (χ4n) is 8.94. The lowest BCUT2D eigenvalue weighted by Gasteiger charge is -2.15. The van der Waals surface area contributed by atoms with Gasteiger partial charge in [-0.15, -0.1) is 0 Å². The van der Waals surface area contributed by atoms with Crippen molar-refractivity contribution in [3.05, 3.63) is 212 Å². The Morgan fingerprint density at radius 3 is 1.08 bits per heavy atom. The molecule has 0 aliphatic rings. The third-order valence-electron chi connectivity index (χ3n) is 11.8. The first kappa shape index (κ1) is 35.5. The molecule has 0 saturated heterocycles. The number of rotatable bonds is 7. The van der Waals surface area contributed by atoms with Gasteiger partial charge >= 0.3 is 0 Å². The number of aromatic nitrogens is 3. The molecule has 0 atom stereocenters. The van der Waals surface area contributed by atoms with Crippen LogP contribution in [0.2, 0.25) is 0 Å². The number of hydrogen-bond donors (Lipinski definition) is 0. The number of benzene rings is 9. The molecule has 0 amide bonds. The van der Waals surface area contributed by atoms with E-state index >= 15 is 0 Å². The van der Waals surface area contributed by atoms with Crippen LogP contribution >= 0.6 is 0 Å². The van der Waals surface area contributed by atoms with E-state index in [9.17, 15) is 0 Å². The first-order valence-corrected chi connectivity index (χ1v) is 20.8. The first-order chi connectivity index (χ1) is 30.7. The van der Waals surface area contributed by atoms with E-state index in [2.05, 4.69) is 152 Å². The van der Waals surface area contributed by atoms with Crippen molar-refractivity contribution in [2.24, 2.45) is 0 Å². The van der Waals surface area contributed by atoms with E-state index in [1.165, 1.54) is 0 Å². The van der Waals surface area contributed by atoms with Crippen molar-refractivity contribution in [1.29, 1.82) is 0 Å². The maximum absolute atomic E-state index is 6.42. The van der Waals surface area contributed by atoms with Crippen molar-refractivity contribution in [3.63, 3.8) is 0 Å². The van der Waals surface area contributed by atoms with E-state index in [1.54, 1.807) is 0 Å². The highest BCUT2D eigenvalue weighted by Crippen LogP contribution is 2.43. The average molecular weight is 794 g/mol. The highest BCUT2D eigenvalue weighted by molar-refractivity contribution is 6.15. The second-order valence-electron chi connectivity index (χ2n) is 15.5. The fourth-order valence-corrected chi connectivity index (χ4v) is 8.94. The van der Waals surface area contributed by atoms with Gasteiger partial charge in [-0.3, -0.25) is 0 Å². The van der Waals surface area contributed by atoms with Gasteiger partial charge in [0.05, 0.1) is 0 Å². The minimum absolute atomic E-state index is 0.562. The van der Waals surface area contributed by atoms with Crippen LogP contribution in [0.1, 0.15) is 0 Å². The maximum atomic E-state index is 6.42. The number of nitrogens with zero attached hydrogens (tertiary/aromatic N) is 3. The first-order valence-electron chi connectivity index (χ1n) is 20.8. The fraction of sp³-hybridized carbons (Fsp3) is 0. The summed E-state index contributed by atoms with van der Waals surface area (Å²) in [5, 5.41) is 4.24. The predicted octanol–water partition coefficient (Wildman–Crippen LogP) is 15.3. The number of hydrogen-bond acceptors (Lipinski definition) is 5. The highest BCUT2D eigenvalue weighted by atomic mass is 16.3. The number of fused-ring (bicyclic) bond motifs is 6. The van der Waals surface area contributed by atoms with Gasteiger partial charge in [-0.25, -0.2) is 15.0 Å². The molecule has 62 heavy (non-hydrogen) atoms. The molecule has 290 valence electrons. The average Bonchev–Trinajstić information content (AvgIpc) is 3.93. The summed E-state index contributed by atoms with van der Waals surface area (Å²) in [6.07, 6.45) is 0. The van der Waals surface area contributed by atoms with Crippen LogP contribution < -0.4 is 0 Å². The zero-order valence-corrected chi connectivity index (χ0v) is 33.4. The molecule has 0 N–H and O–H groups in total. The molecular formula is C57H35N3O2. The smallest absolute Gasteiger partial charge is 0.164 e. The molecule has 0 aliphatic heterocycles. The van der Waals surface area contributed by atoms with Gasteiger partial charge < -0.3 is 8.83 Å². The lowest BCUT2D eigenvalue weighted by molar-refractivity contribution is 0.668. The summed E-state index contributed by atoms with van der Waals surface area (Å²) in [4.78, 5) is 16.1. The summed E-state index contributed by atoms with van der Waals surface area (Å²) in [7, 11) is 0. The largest absolute Gasteiger partial charge is 0.456 e. The Labute approximate surface area is 357 Å². The quantitative estimate of drug-likeness (QED) is 0.161. The number of para-hydroxylation sites is 2. The molecule has 5 heteroatoms. The summed E-state index contributed by atoms with van der Waals surface area (Å²) in [5.41, 5.74) is 14.4. The molecule has 0 fully saturated rings. The summed E-state index contributed by atoms with van der Waals surface area (Å²) in [6.45, 7) is 0. The molecule has 5 nitrogen and oxygen atoms in total. The van der Waals surface area contributed by atoms with Crippen molar-refractivity contribution in [2.75, 3.05) is 0 Å². The molecule has 0 unspecified atom stereocenters. The van der Waals surface area contributed by atoms with Gasteiger partial charge in [0.2, 0.25) is 0 Å². The Hall–Kier alpha value is -8.41. The third kappa shape index (κ3) is 6.06. The van der Waals surface area contributed by atoms with Gasteiger partial charge in [0.15, 0.2) is 17.5 Å². The minimum atomic E-state index is 0.562. The predicted molar refractivity (Wildman–Crippen MR) is 252 cm³/mol. The molecule has 0 saturated carbocycles. The van der Waals surface area contributed by atoms with E-state index in [0.717, 1.165) is 105 Å². The Balaban J connectivity index is 1.16.